The second-order valence-electron chi connectivity index (χ2n) is 5.26. The van der Waals surface area contributed by atoms with E-state index in [0.29, 0.717) is 5.56 Å². The highest BCUT2D eigenvalue weighted by atomic mass is 19.1. The fraction of sp³-hybridized carbons (Fsp3) is 0.188. The molecule has 0 spiro atoms. The molecular formula is C16H16F2N2O. The molecule has 0 atom stereocenters. The third kappa shape index (κ3) is 3.02. The van der Waals surface area contributed by atoms with E-state index in [1.165, 1.54) is 24.3 Å². The monoisotopic (exact) mass is 290 g/mol. The molecule has 2 aromatic rings. The number of anilines is 1. The number of hydrogen-bond acceptors (Lipinski definition) is 2. The van der Waals surface area contributed by atoms with Crippen LogP contribution in [0.15, 0.2) is 42.5 Å². The fourth-order valence-electron chi connectivity index (χ4n) is 2.12. The van der Waals surface area contributed by atoms with E-state index in [2.05, 4.69) is 5.32 Å². The lowest BCUT2D eigenvalue weighted by molar-refractivity contribution is 0.0911. The van der Waals surface area contributed by atoms with Crippen LogP contribution in [0.1, 0.15) is 29.8 Å². The van der Waals surface area contributed by atoms with Gasteiger partial charge in [0.2, 0.25) is 0 Å². The van der Waals surface area contributed by atoms with Gasteiger partial charge in [-0.05, 0) is 32.0 Å². The number of benzene rings is 2. The van der Waals surface area contributed by atoms with Crippen LogP contribution in [-0.4, -0.2) is 5.91 Å². The van der Waals surface area contributed by atoms with Crippen LogP contribution in [0, 0.1) is 11.6 Å². The SMILES string of the molecule is CC(C)(NC(=O)c1cccc(F)c1N)c1ccccc1F. The van der Waals surface area contributed by atoms with Crippen molar-refractivity contribution in [2.75, 3.05) is 5.73 Å². The highest BCUT2D eigenvalue weighted by Crippen LogP contribution is 2.24. The minimum absolute atomic E-state index is 0.0272. The topological polar surface area (TPSA) is 55.1 Å². The van der Waals surface area contributed by atoms with E-state index in [1.54, 1.807) is 32.0 Å². The minimum atomic E-state index is -0.957. The number of hydrogen-bond donors (Lipinski definition) is 2. The molecule has 0 aliphatic heterocycles. The van der Waals surface area contributed by atoms with Gasteiger partial charge >= 0.3 is 0 Å². The predicted octanol–water partition coefficient (Wildman–Crippen LogP) is 3.21. The van der Waals surface area contributed by atoms with Crippen LogP contribution in [0.25, 0.3) is 0 Å². The maximum atomic E-state index is 13.8. The Morgan fingerprint density at radius 2 is 1.67 bits per heavy atom. The van der Waals surface area contributed by atoms with Crippen molar-refractivity contribution in [3.05, 3.63) is 65.2 Å². The number of halogens is 2. The molecule has 0 heterocycles. The van der Waals surface area contributed by atoms with Crippen molar-refractivity contribution in [2.45, 2.75) is 19.4 Å². The molecule has 21 heavy (non-hydrogen) atoms. The van der Waals surface area contributed by atoms with E-state index in [0.717, 1.165) is 0 Å². The number of carbonyl (C=O) groups is 1. The van der Waals surface area contributed by atoms with Crippen molar-refractivity contribution in [1.29, 1.82) is 0 Å². The van der Waals surface area contributed by atoms with Crippen molar-refractivity contribution in [3.8, 4) is 0 Å². The van der Waals surface area contributed by atoms with Gasteiger partial charge in [-0.15, -0.1) is 0 Å². The van der Waals surface area contributed by atoms with E-state index in [-0.39, 0.29) is 11.3 Å². The molecule has 110 valence electrons. The molecule has 2 rings (SSSR count). The van der Waals surface area contributed by atoms with E-state index >= 15 is 0 Å². The van der Waals surface area contributed by atoms with Gasteiger partial charge in [-0.25, -0.2) is 8.78 Å². The zero-order valence-electron chi connectivity index (χ0n) is 11.8. The van der Waals surface area contributed by atoms with Gasteiger partial charge in [0, 0.05) is 5.56 Å². The largest absolute Gasteiger partial charge is 0.396 e. The second kappa shape index (κ2) is 5.52. The van der Waals surface area contributed by atoms with Crippen LogP contribution in [0.5, 0.6) is 0 Å². The molecule has 0 saturated carbocycles. The fourth-order valence-corrected chi connectivity index (χ4v) is 2.12. The molecule has 0 saturated heterocycles. The summed E-state index contributed by atoms with van der Waals surface area (Å²) >= 11 is 0. The summed E-state index contributed by atoms with van der Waals surface area (Å²) in [5.74, 6) is -1.64. The number of amides is 1. The van der Waals surface area contributed by atoms with Crippen molar-refractivity contribution >= 4 is 11.6 Å². The predicted molar refractivity (Wildman–Crippen MR) is 77.7 cm³/mol. The van der Waals surface area contributed by atoms with Crippen molar-refractivity contribution < 1.29 is 13.6 Å². The first-order chi connectivity index (χ1) is 9.83. The lowest BCUT2D eigenvalue weighted by Gasteiger charge is -2.27. The number of carbonyl (C=O) groups excluding carboxylic acids is 1. The number of nitrogens with two attached hydrogens (primary N) is 1. The van der Waals surface area contributed by atoms with Gasteiger partial charge in [-0.2, -0.15) is 0 Å². The summed E-state index contributed by atoms with van der Waals surface area (Å²) in [6, 6.07) is 10.2. The summed E-state index contributed by atoms with van der Waals surface area (Å²) in [6.07, 6.45) is 0. The van der Waals surface area contributed by atoms with Crippen molar-refractivity contribution in [2.24, 2.45) is 0 Å². The Labute approximate surface area is 121 Å². The van der Waals surface area contributed by atoms with Gasteiger partial charge < -0.3 is 11.1 Å². The van der Waals surface area contributed by atoms with Crippen molar-refractivity contribution in [1.82, 2.24) is 5.32 Å². The first-order valence-corrected chi connectivity index (χ1v) is 6.44. The Morgan fingerprint density at radius 1 is 1.05 bits per heavy atom. The first kappa shape index (κ1) is 15.0. The van der Waals surface area contributed by atoms with E-state index in [4.69, 9.17) is 5.73 Å². The number of rotatable bonds is 3. The molecule has 0 radical (unpaired) electrons. The summed E-state index contributed by atoms with van der Waals surface area (Å²) in [5.41, 5.74) is 4.75. The first-order valence-electron chi connectivity index (χ1n) is 6.44. The maximum absolute atomic E-state index is 13.8. The molecule has 0 aliphatic rings. The van der Waals surface area contributed by atoms with Crippen molar-refractivity contribution in [3.63, 3.8) is 0 Å². The standard InChI is InChI=1S/C16H16F2N2O/c1-16(2,11-7-3-4-8-12(11)17)20-15(21)10-6-5-9-13(18)14(10)19/h3-9H,19H2,1-2H3,(H,20,21). The molecule has 1 amide bonds. The van der Waals surface area contributed by atoms with Gasteiger partial charge in [0.25, 0.3) is 5.91 Å². The molecule has 0 fully saturated rings. The summed E-state index contributed by atoms with van der Waals surface area (Å²) in [7, 11) is 0. The Kier molecular flexibility index (Phi) is 3.93. The summed E-state index contributed by atoms with van der Waals surface area (Å²) < 4.78 is 27.2. The molecule has 5 heteroatoms. The smallest absolute Gasteiger partial charge is 0.254 e. The van der Waals surface area contributed by atoms with Crippen LogP contribution < -0.4 is 11.1 Å². The van der Waals surface area contributed by atoms with Gasteiger partial charge in [-0.1, -0.05) is 24.3 Å². The lowest BCUT2D eigenvalue weighted by Crippen LogP contribution is -2.41. The molecule has 0 aromatic heterocycles. The molecule has 3 nitrogen and oxygen atoms in total. The Morgan fingerprint density at radius 3 is 2.33 bits per heavy atom. The zero-order chi connectivity index (χ0) is 15.6. The minimum Gasteiger partial charge on any atom is -0.396 e. The lowest BCUT2D eigenvalue weighted by atomic mass is 9.93. The Balaban J connectivity index is 2.30. The zero-order valence-corrected chi connectivity index (χ0v) is 11.8. The quantitative estimate of drug-likeness (QED) is 0.853. The van der Waals surface area contributed by atoms with E-state index < -0.39 is 23.1 Å². The van der Waals surface area contributed by atoms with Gasteiger partial charge in [0.05, 0.1) is 16.8 Å². The maximum Gasteiger partial charge on any atom is 0.254 e. The number of nitrogens with one attached hydrogen (secondary N) is 1. The van der Waals surface area contributed by atoms with Crippen LogP contribution in [-0.2, 0) is 5.54 Å². The molecule has 0 unspecified atom stereocenters. The second-order valence-corrected chi connectivity index (χ2v) is 5.26. The van der Waals surface area contributed by atoms with Gasteiger partial charge in [0.1, 0.15) is 11.6 Å². The summed E-state index contributed by atoms with van der Waals surface area (Å²) in [5, 5.41) is 2.67. The van der Waals surface area contributed by atoms with Crippen LogP contribution in [0.3, 0.4) is 0 Å². The average molecular weight is 290 g/mol. The summed E-state index contributed by atoms with van der Waals surface area (Å²) in [6.45, 7) is 3.33. The van der Waals surface area contributed by atoms with Gasteiger partial charge in [0.15, 0.2) is 0 Å². The summed E-state index contributed by atoms with van der Waals surface area (Å²) in [4.78, 5) is 12.2. The van der Waals surface area contributed by atoms with E-state index in [1.807, 2.05) is 0 Å². The molecule has 0 bridgehead atoms. The van der Waals surface area contributed by atoms with E-state index in [9.17, 15) is 13.6 Å². The Hall–Kier alpha value is -2.43. The van der Waals surface area contributed by atoms with Crippen LogP contribution in [0.2, 0.25) is 0 Å². The third-order valence-electron chi connectivity index (χ3n) is 3.27. The molecular weight excluding hydrogens is 274 g/mol. The Bertz CT molecular complexity index is 684. The molecule has 2 aromatic carbocycles. The average Bonchev–Trinajstić information content (AvgIpc) is 2.41. The number of nitrogen functional groups attached to an aromatic ring is 1. The highest BCUT2D eigenvalue weighted by Gasteiger charge is 2.27. The van der Waals surface area contributed by atoms with Crippen LogP contribution in [0.4, 0.5) is 14.5 Å². The number of para-hydroxylation sites is 1. The normalized spacial score (nSPS) is 11.2. The third-order valence-corrected chi connectivity index (χ3v) is 3.27. The highest BCUT2D eigenvalue weighted by molar-refractivity contribution is 5.99. The van der Waals surface area contributed by atoms with Crippen LogP contribution >= 0.6 is 0 Å². The van der Waals surface area contributed by atoms with Gasteiger partial charge in [-0.3, -0.25) is 4.79 Å². The molecule has 0 aliphatic carbocycles. The molecule has 3 N–H and O–H groups in total.